The lowest BCUT2D eigenvalue weighted by Gasteiger charge is -1.69. The first kappa shape index (κ1) is 5.45. The van der Waals surface area contributed by atoms with Crippen molar-refractivity contribution >= 4 is 14.9 Å². The van der Waals surface area contributed by atoms with Crippen LogP contribution >= 0.6 is 0 Å². The Morgan fingerprint density at radius 2 is 2.50 bits per heavy atom. The Kier molecular flexibility index (Phi) is 2.43. The molecular formula is C4H4OSi. The van der Waals surface area contributed by atoms with Crippen LogP contribution in [0, 0.1) is 12.3 Å². The van der Waals surface area contributed by atoms with E-state index in [1.165, 1.54) is 0 Å². The Labute approximate surface area is 39.6 Å². The molecule has 6 heavy (non-hydrogen) atoms. The van der Waals surface area contributed by atoms with Gasteiger partial charge in [0.1, 0.15) is 9.52 Å². The summed E-state index contributed by atoms with van der Waals surface area (Å²) in [6.07, 6.45) is 4.69. The topological polar surface area (TPSA) is 17.1 Å². The molecule has 0 aliphatic rings. The Bertz CT molecular complexity index is 90.2. The lowest BCUT2D eigenvalue weighted by Crippen LogP contribution is -1.98. The first-order chi connectivity index (χ1) is 2.81. The minimum atomic E-state index is -0.102. The van der Waals surface area contributed by atoms with E-state index < -0.39 is 0 Å². The van der Waals surface area contributed by atoms with E-state index in [4.69, 9.17) is 0 Å². The predicted octanol–water partition coefficient (Wildman–Crippen LogP) is -0.102. The van der Waals surface area contributed by atoms with Gasteiger partial charge in [0, 0.05) is 0 Å². The first-order valence-corrected chi connectivity index (χ1v) is 2.99. The summed E-state index contributed by atoms with van der Waals surface area (Å²) in [4.78, 5) is 9.96. The quantitative estimate of drug-likeness (QED) is 0.329. The fourth-order valence-corrected chi connectivity index (χ4v) is 0.217. The molecule has 0 saturated heterocycles. The van der Waals surface area contributed by atoms with Crippen LogP contribution < -0.4 is 0 Å². The van der Waals surface area contributed by atoms with Crippen LogP contribution in [0.2, 0.25) is 6.55 Å². The third kappa shape index (κ3) is 1.74. The van der Waals surface area contributed by atoms with E-state index in [9.17, 15) is 4.79 Å². The van der Waals surface area contributed by atoms with Crippen LogP contribution in [0.15, 0.2) is 0 Å². The first-order valence-electron chi connectivity index (χ1n) is 1.49. The molecule has 0 spiro atoms. The second-order valence-electron chi connectivity index (χ2n) is 0.723. The van der Waals surface area contributed by atoms with E-state index >= 15 is 0 Å². The highest BCUT2D eigenvalue weighted by molar-refractivity contribution is 6.76. The van der Waals surface area contributed by atoms with Gasteiger partial charge in [-0.05, 0) is 5.92 Å². The van der Waals surface area contributed by atoms with Gasteiger partial charge in [0.25, 0.3) is 0 Å². The highest BCUT2D eigenvalue weighted by Gasteiger charge is 1.85. The normalized spacial score (nSPS) is 6.67. The zero-order chi connectivity index (χ0) is 4.99. The molecule has 0 atom stereocenters. The molecule has 0 heterocycles. The summed E-state index contributed by atoms with van der Waals surface area (Å²) >= 11 is 0. The van der Waals surface area contributed by atoms with Gasteiger partial charge in [0.15, 0.2) is 5.41 Å². The van der Waals surface area contributed by atoms with E-state index in [2.05, 4.69) is 6.42 Å². The van der Waals surface area contributed by atoms with Crippen LogP contribution in [-0.2, 0) is 4.79 Å². The number of carbonyl (C=O) groups is 1. The van der Waals surface area contributed by atoms with Crippen molar-refractivity contribution in [3.05, 3.63) is 0 Å². The predicted molar refractivity (Wildman–Crippen MR) is 25.5 cm³/mol. The lowest BCUT2D eigenvalue weighted by molar-refractivity contribution is -0.107. The van der Waals surface area contributed by atoms with Crippen molar-refractivity contribution in [3.63, 3.8) is 0 Å². The van der Waals surface area contributed by atoms with Crippen LogP contribution in [0.5, 0.6) is 0 Å². The molecule has 0 unspecified atom stereocenters. The number of hydrogen-bond acceptors (Lipinski definition) is 1. The van der Waals surface area contributed by atoms with Crippen molar-refractivity contribution in [2.75, 3.05) is 0 Å². The zero-order valence-corrected chi connectivity index (χ0v) is 4.49. The Morgan fingerprint density at radius 1 is 2.00 bits per heavy atom. The molecule has 0 rings (SSSR count). The molecule has 2 heteroatoms. The molecule has 0 aliphatic carbocycles. The number of hydrogen-bond donors (Lipinski definition) is 0. The second kappa shape index (κ2) is 2.67. The van der Waals surface area contributed by atoms with E-state index in [0.717, 1.165) is 0 Å². The molecule has 0 aromatic rings. The van der Waals surface area contributed by atoms with Gasteiger partial charge < -0.3 is 0 Å². The molecule has 0 bridgehead atoms. The van der Waals surface area contributed by atoms with Gasteiger partial charge in [0.2, 0.25) is 0 Å². The largest absolute Gasteiger partial charge is 0.292 e. The van der Waals surface area contributed by atoms with Gasteiger partial charge in [-0.25, -0.2) is 0 Å². The summed E-state index contributed by atoms with van der Waals surface area (Å²) in [6, 6.07) is 0. The molecule has 0 aliphatic heterocycles. The molecule has 0 N–H and O–H groups in total. The summed E-state index contributed by atoms with van der Waals surface area (Å²) in [5.41, 5.74) is 0. The van der Waals surface area contributed by atoms with Gasteiger partial charge in [-0.1, -0.05) is 6.55 Å². The average Bonchev–Trinajstić information content (AvgIpc) is 1.65. The minimum absolute atomic E-state index is 0.102. The minimum Gasteiger partial charge on any atom is -0.292 e. The Hall–Kier alpha value is -0.553. The Morgan fingerprint density at radius 3 is 2.50 bits per heavy atom. The summed E-state index contributed by atoms with van der Waals surface area (Å²) in [6.45, 7) is 1.77. The summed E-state index contributed by atoms with van der Waals surface area (Å²) < 4.78 is 0. The zero-order valence-electron chi connectivity index (χ0n) is 3.49. The van der Waals surface area contributed by atoms with E-state index in [1.807, 2.05) is 5.92 Å². The summed E-state index contributed by atoms with van der Waals surface area (Å²) in [5.74, 6) is 1.99. The van der Waals surface area contributed by atoms with Crippen molar-refractivity contribution in [1.82, 2.24) is 0 Å². The molecule has 0 aromatic heterocycles. The maximum absolute atomic E-state index is 9.96. The molecule has 0 saturated carbocycles. The van der Waals surface area contributed by atoms with E-state index in [-0.39, 0.29) is 14.9 Å². The van der Waals surface area contributed by atoms with E-state index in [1.54, 1.807) is 6.55 Å². The SMILES string of the molecule is C#CC(=O)[Si]C. The smallest absolute Gasteiger partial charge is 0.175 e. The van der Waals surface area contributed by atoms with Gasteiger partial charge in [0.05, 0.1) is 0 Å². The maximum Gasteiger partial charge on any atom is 0.175 e. The van der Waals surface area contributed by atoms with E-state index in [0.29, 0.717) is 0 Å². The number of carbonyl (C=O) groups excluding carboxylic acids is 1. The second-order valence-corrected chi connectivity index (χ2v) is 1.68. The third-order valence-corrected chi connectivity index (χ3v) is 0.957. The molecule has 1 nitrogen and oxygen atoms in total. The molecule has 0 fully saturated rings. The molecular weight excluding hydrogens is 92.1 g/mol. The van der Waals surface area contributed by atoms with Crippen molar-refractivity contribution in [3.8, 4) is 12.3 Å². The van der Waals surface area contributed by atoms with Crippen LogP contribution in [-0.4, -0.2) is 14.9 Å². The van der Waals surface area contributed by atoms with Gasteiger partial charge >= 0.3 is 0 Å². The van der Waals surface area contributed by atoms with Crippen molar-refractivity contribution in [2.24, 2.45) is 0 Å². The standard InChI is InChI=1S/C4H4OSi/c1-3-4(5)6-2/h1H,2H3. The van der Waals surface area contributed by atoms with Crippen LogP contribution in [0.4, 0.5) is 0 Å². The number of rotatable bonds is 1. The van der Waals surface area contributed by atoms with Gasteiger partial charge in [-0.2, -0.15) is 0 Å². The van der Waals surface area contributed by atoms with Gasteiger partial charge in [-0.3, -0.25) is 4.79 Å². The Balaban J connectivity index is 3.33. The van der Waals surface area contributed by atoms with Crippen molar-refractivity contribution in [2.45, 2.75) is 6.55 Å². The summed E-state index contributed by atoms with van der Waals surface area (Å²) in [5, 5.41) is -0.102. The molecule has 0 aromatic carbocycles. The third-order valence-electron chi connectivity index (χ3n) is 0.358. The highest BCUT2D eigenvalue weighted by atomic mass is 28.2. The molecule has 2 radical (unpaired) electrons. The fourth-order valence-electron chi connectivity index (χ4n) is 0.0722. The van der Waals surface area contributed by atoms with Crippen LogP contribution in [0.25, 0.3) is 0 Å². The molecule has 0 amide bonds. The van der Waals surface area contributed by atoms with Crippen molar-refractivity contribution < 1.29 is 4.79 Å². The fraction of sp³-hybridized carbons (Fsp3) is 0.250. The molecule has 30 valence electrons. The average molecular weight is 96.2 g/mol. The number of terminal acetylenes is 1. The lowest BCUT2D eigenvalue weighted by atomic mass is 10.8. The monoisotopic (exact) mass is 96.0 g/mol. The highest BCUT2D eigenvalue weighted by Crippen LogP contribution is 1.57. The maximum atomic E-state index is 9.96. The summed E-state index contributed by atoms with van der Waals surface area (Å²) in [7, 11) is 0.257. The van der Waals surface area contributed by atoms with Gasteiger partial charge in [-0.15, -0.1) is 6.42 Å². The van der Waals surface area contributed by atoms with Crippen molar-refractivity contribution in [1.29, 1.82) is 0 Å². The van der Waals surface area contributed by atoms with Crippen LogP contribution in [0.1, 0.15) is 0 Å². The van der Waals surface area contributed by atoms with Crippen LogP contribution in [0.3, 0.4) is 0 Å².